The fourth-order valence-electron chi connectivity index (χ4n) is 1.91. The number of hydrogen-bond acceptors (Lipinski definition) is 4. The van der Waals surface area contributed by atoms with Crippen LogP contribution < -0.4 is 11.1 Å². The molecular weight excluding hydrogens is 220 g/mol. The highest BCUT2D eigenvalue weighted by molar-refractivity contribution is 7.18. The van der Waals surface area contributed by atoms with Crippen LogP contribution in [0, 0.1) is 5.92 Å². The molecule has 0 radical (unpaired) electrons. The van der Waals surface area contributed by atoms with Crippen LogP contribution in [0.3, 0.4) is 0 Å². The molecule has 1 aromatic rings. The van der Waals surface area contributed by atoms with Crippen LogP contribution in [-0.2, 0) is 0 Å². The molecule has 1 saturated carbocycles. The zero-order valence-corrected chi connectivity index (χ0v) is 10.6. The van der Waals surface area contributed by atoms with Gasteiger partial charge < -0.3 is 11.1 Å². The molecule has 0 aliphatic heterocycles. The van der Waals surface area contributed by atoms with Gasteiger partial charge in [-0.2, -0.15) is 0 Å². The van der Waals surface area contributed by atoms with Crippen LogP contribution >= 0.6 is 11.3 Å². The average molecular weight is 238 g/mol. The van der Waals surface area contributed by atoms with Gasteiger partial charge in [0.2, 0.25) is 0 Å². The van der Waals surface area contributed by atoms with Gasteiger partial charge in [-0.25, -0.2) is 0 Å². The topological polar surface area (TPSA) is 55.1 Å². The first-order valence-electron chi connectivity index (χ1n) is 5.84. The van der Waals surface area contributed by atoms with Gasteiger partial charge in [0.1, 0.15) is 0 Å². The minimum Gasteiger partial charge on any atom is -0.397 e. The zero-order valence-electron chi connectivity index (χ0n) is 9.75. The molecule has 1 aromatic heterocycles. The quantitative estimate of drug-likeness (QED) is 0.775. The normalized spacial score (nSPS) is 23.1. The van der Waals surface area contributed by atoms with Crippen molar-refractivity contribution in [2.45, 2.75) is 39.2 Å². The zero-order chi connectivity index (χ0) is 11.7. The van der Waals surface area contributed by atoms with Gasteiger partial charge in [0.15, 0.2) is 5.78 Å². The maximum absolute atomic E-state index is 11.6. The molecule has 2 atom stereocenters. The summed E-state index contributed by atoms with van der Waals surface area (Å²) in [6.07, 6.45) is 2.98. The van der Waals surface area contributed by atoms with Gasteiger partial charge in [-0.15, -0.1) is 11.3 Å². The lowest BCUT2D eigenvalue weighted by atomic mass is 10.2. The third kappa shape index (κ3) is 2.21. The number of rotatable bonds is 5. The van der Waals surface area contributed by atoms with Crippen molar-refractivity contribution < 1.29 is 4.79 Å². The number of thiophene rings is 1. The van der Waals surface area contributed by atoms with Gasteiger partial charge in [-0.1, -0.05) is 20.3 Å². The Kier molecular flexibility index (Phi) is 3.19. The molecule has 3 N–H and O–H groups in total. The Bertz CT molecular complexity index is 400. The summed E-state index contributed by atoms with van der Waals surface area (Å²) in [5.41, 5.74) is 6.45. The van der Waals surface area contributed by atoms with Crippen molar-refractivity contribution in [2.75, 3.05) is 11.1 Å². The summed E-state index contributed by atoms with van der Waals surface area (Å²) >= 11 is 1.49. The average Bonchev–Trinajstić information content (AvgIpc) is 2.92. The first kappa shape index (κ1) is 11.5. The second kappa shape index (κ2) is 4.45. The smallest absolute Gasteiger partial charge is 0.174 e. The Hall–Kier alpha value is -1.03. The van der Waals surface area contributed by atoms with Crippen molar-refractivity contribution in [1.82, 2.24) is 0 Å². The molecule has 1 aliphatic rings. The number of nitrogens with two attached hydrogens (primary N) is 1. The van der Waals surface area contributed by atoms with Gasteiger partial charge in [0.05, 0.1) is 15.6 Å². The third-order valence-corrected chi connectivity index (χ3v) is 4.23. The van der Waals surface area contributed by atoms with Crippen molar-refractivity contribution in [2.24, 2.45) is 5.92 Å². The van der Waals surface area contributed by atoms with E-state index in [0.29, 0.717) is 23.0 Å². The van der Waals surface area contributed by atoms with Crippen LogP contribution in [0.5, 0.6) is 0 Å². The molecule has 1 fully saturated rings. The molecule has 0 spiro atoms. The number of carbonyl (C=O) groups is 1. The summed E-state index contributed by atoms with van der Waals surface area (Å²) in [7, 11) is 0. The van der Waals surface area contributed by atoms with Crippen molar-refractivity contribution in [3.05, 3.63) is 10.9 Å². The van der Waals surface area contributed by atoms with E-state index in [4.69, 9.17) is 5.73 Å². The molecule has 88 valence electrons. The second-order valence-corrected chi connectivity index (χ2v) is 5.38. The molecular formula is C12H18N2OS. The highest BCUT2D eigenvalue weighted by atomic mass is 32.1. The molecule has 0 saturated heterocycles. The summed E-state index contributed by atoms with van der Waals surface area (Å²) < 4.78 is 0. The molecule has 0 amide bonds. The Labute approximate surface area is 100 Å². The van der Waals surface area contributed by atoms with Gasteiger partial charge >= 0.3 is 0 Å². The highest BCUT2D eigenvalue weighted by Crippen LogP contribution is 2.39. The molecule has 4 heteroatoms. The summed E-state index contributed by atoms with van der Waals surface area (Å²) in [4.78, 5) is 12.3. The van der Waals surface area contributed by atoms with E-state index in [0.717, 1.165) is 10.9 Å². The van der Waals surface area contributed by atoms with Gasteiger partial charge in [-0.05, 0) is 18.4 Å². The van der Waals surface area contributed by atoms with E-state index in [-0.39, 0.29) is 5.78 Å². The molecule has 0 bridgehead atoms. The standard InChI is InChI=1S/C12H18N2OS/c1-3-7-5-9(7)14-11-6-8(13)12(16-11)10(15)4-2/h6-7,9,14H,3-5,13H2,1-2H3. The lowest BCUT2D eigenvalue weighted by Crippen LogP contribution is -2.02. The van der Waals surface area contributed by atoms with Crippen LogP contribution in [-0.4, -0.2) is 11.8 Å². The predicted octanol–water partition coefficient (Wildman–Crippen LogP) is 3.13. The molecule has 1 heterocycles. The first-order chi connectivity index (χ1) is 7.65. The van der Waals surface area contributed by atoms with E-state index in [1.54, 1.807) is 0 Å². The van der Waals surface area contributed by atoms with Crippen molar-refractivity contribution in [1.29, 1.82) is 0 Å². The van der Waals surface area contributed by atoms with E-state index >= 15 is 0 Å². The Morgan fingerprint density at radius 1 is 1.62 bits per heavy atom. The van der Waals surface area contributed by atoms with E-state index in [1.807, 2.05) is 13.0 Å². The fourth-order valence-corrected chi connectivity index (χ4v) is 2.96. The van der Waals surface area contributed by atoms with E-state index in [2.05, 4.69) is 12.2 Å². The largest absolute Gasteiger partial charge is 0.397 e. The van der Waals surface area contributed by atoms with Crippen LogP contribution in [0.2, 0.25) is 0 Å². The fraction of sp³-hybridized carbons (Fsp3) is 0.583. The maximum Gasteiger partial charge on any atom is 0.174 e. The SMILES string of the molecule is CCC(=O)c1sc(NC2CC2CC)cc1N. The minimum atomic E-state index is 0.137. The molecule has 3 nitrogen and oxygen atoms in total. The summed E-state index contributed by atoms with van der Waals surface area (Å²) in [5.74, 6) is 0.937. The molecule has 0 aromatic carbocycles. The van der Waals surface area contributed by atoms with Gasteiger partial charge in [0.25, 0.3) is 0 Å². The van der Waals surface area contributed by atoms with Crippen LogP contribution in [0.4, 0.5) is 10.7 Å². The highest BCUT2D eigenvalue weighted by Gasteiger charge is 2.35. The summed E-state index contributed by atoms with van der Waals surface area (Å²) in [6, 6.07) is 2.48. The van der Waals surface area contributed by atoms with Gasteiger partial charge in [-0.3, -0.25) is 4.79 Å². The van der Waals surface area contributed by atoms with Crippen molar-refractivity contribution in [3.63, 3.8) is 0 Å². The van der Waals surface area contributed by atoms with Crippen molar-refractivity contribution in [3.8, 4) is 0 Å². The molecule has 1 aliphatic carbocycles. The first-order valence-corrected chi connectivity index (χ1v) is 6.66. The lowest BCUT2D eigenvalue weighted by Gasteiger charge is -2.00. The van der Waals surface area contributed by atoms with Gasteiger partial charge in [0, 0.05) is 12.5 Å². The molecule has 2 rings (SSSR count). The number of anilines is 2. The number of nitrogen functional groups attached to an aromatic ring is 1. The van der Waals surface area contributed by atoms with Crippen LogP contribution in [0.15, 0.2) is 6.07 Å². The number of carbonyl (C=O) groups excluding carboxylic acids is 1. The van der Waals surface area contributed by atoms with Crippen LogP contribution in [0.1, 0.15) is 42.8 Å². The van der Waals surface area contributed by atoms with E-state index in [1.165, 1.54) is 24.2 Å². The van der Waals surface area contributed by atoms with E-state index < -0.39 is 0 Å². The molecule has 2 unspecified atom stereocenters. The monoisotopic (exact) mass is 238 g/mol. The number of Topliss-reactive ketones (excluding diaryl/α,β-unsaturated/α-hetero) is 1. The Morgan fingerprint density at radius 3 is 2.94 bits per heavy atom. The number of hydrogen-bond donors (Lipinski definition) is 2. The van der Waals surface area contributed by atoms with Crippen molar-refractivity contribution >= 4 is 27.8 Å². The Balaban J connectivity index is 2.04. The summed E-state index contributed by atoms with van der Waals surface area (Å²) in [5, 5.41) is 4.48. The maximum atomic E-state index is 11.6. The third-order valence-electron chi connectivity index (χ3n) is 3.11. The molecule has 16 heavy (non-hydrogen) atoms. The predicted molar refractivity (Wildman–Crippen MR) is 69.2 cm³/mol. The second-order valence-electron chi connectivity index (χ2n) is 4.33. The minimum absolute atomic E-state index is 0.137. The number of ketones is 1. The summed E-state index contributed by atoms with van der Waals surface area (Å²) in [6.45, 7) is 4.07. The Morgan fingerprint density at radius 2 is 2.38 bits per heavy atom. The lowest BCUT2D eigenvalue weighted by molar-refractivity contribution is 0.0993. The van der Waals surface area contributed by atoms with E-state index in [9.17, 15) is 4.79 Å². The number of nitrogens with one attached hydrogen (secondary N) is 1. The van der Waals surface area contributed by atoms with Crippen LogP contribution in [0.25, 0.3) is 0 Å².